The summed E-state index contributed by atoms with van der Waals surface area (Å²) in [7, 11) is 0. The van der Waals surface area contributed by atoms with Gasteiger partial charge in [-0.2, -0.15) is 0 Å². The number of hydrogen-bond acceptors (Lipinski definition) is 6. The molecule has 28 heavy (non-hydrogen) atoms. The van der Waals surface area contributed by atoms with Gasteiger partial charge in [0.15, 0.2) is 0 Å². The summed E-state index contributed by atoms with van der Waals surface area (Å²) < 4.78 is 10.7. The Morgan fingerprint density at radius 3 is 2.75 bits per heavy atom. The highest BCUT2D eigenvalue weighted by molar-refractivity contribution is 7.09. The fourth-order valence-corrected chi connectivity index (χ4v) is 3.94. The Morgan fingerprint density at radius 1 is 1.29 bits per heavy atom. The molecule has 3 rings (SSSR count). The van der Waals surface area contributed by atoms with Crippen LogP contribution in [-0.2, 0) is 20.8 Å². The highest BCUT2D eigenvalue weighted by Crippen LogP contribution is 2.17. The summed E-state index contributed by atoms with van der Waals surface area (Å²) in [4.78, 5) is 27.6. The molecular weight excluding hydrogens is 376 g/mol. The summed E-state index contributed by atoms with van der Waals surface area (Å²) in [5.41, 5.74) is 1.13. The maximum absolute atomic E-state index is 12.6. The average Bonchev–Trinajstić information content (AvgIpc) is 3.36. The van der Waals surface area contributed by atoms with Gasteiger partial charge in [-0.05, 0) is 55.5 Å². The Hall–Kier alpha value is -2.22. The minimum Gasteiger partial charge on any atom is -0.462 e. The van der Waals surface area contributed by atoms with Gasteiger partial charge in [-0.25, -0.2) is 4.79 Å². The summed E-state index contributed by atoms with van der Waals surface area (Å²) in [6, 6.07) is 10.9. The zero-order valence-corrected chi connectivity index (χ0v) is 16.9. The molecular formula is C21H26N2O4S. The number of carbonyl (C=O) groups excluding carboxylic acids is 2. The van der Waals surface area contributed by atoms with Crippen molar-refractivity contribution < 1.29 is 19.1 Å². The quantitative estimate of drug-likeness (QED) is 0.650. The molecule has 0 bridgehead atoms. The molecule has 6 nitrogen and oxygen atoms in total. The second kappa shape index (κ2) is 10.4. The zero-order chi connectivity index (χ0) is 19.8. The minimum atomic E-state index is -0.362. The van der Waals surface area contributed by atoms with Gasteiger partial charge in [-0.1, -0.05) is 6.07 Å². The number of benzene rings is 1. The van der Waals surface area contributed by atoms with E-state index in [0.717, 1.165) is 32.5 Å². The molecule has 1 aromatic heterocycles. The van der Waals surface area contributed by atoms with Crippen LogP contribution in [0.25, 0.3) is 0 Å². The number of esters is 1. The first-order valence-corrected chi connectivity index (χ1v) is 10.5. The van der Waals surface area contributed by atoms with Gasteiger partial charge in [-0.15, -0.1) is 11.3 Å². The third-order valence-electron chi connectivity index (χ3n) is 4.49. The predicted molar refractivity (Wildman–Crippen MR) is 110 cm³/mol. The van der Waals surface area contributed by atoms with Crippen molar-refractivity contribution in [1.29, 1.82) is 0 Å². The van der Waals surface area contributed by atoms with Crippen molar-refractivity contribution >= 4 is 28.9 Å². The van der Waals surface area contributed by atoms with E-state index < -0.39 is 0 Å². The van der Waals surface area contributed by atoms with Crippen LogP contribution in [0.3, 0.4) is 0 Å². The molecule has 1 atom stereocenters. The van der Waals surface area contributed by atoms with Gasteiger partial charge in [0, 0.05) is 30.3 Å². The topological polar surface area (TPSA) is 67.9 Å². The molecule has 1 N–H and O–H groups in total. The molecule has 0 saturated carbocycles. The number of nitrogens with zero attached hydrogens (tertiary/aromatic N) is 1. The maximum atomic E-state index is 12.6. The average molecular weight is 403 g/mol. The normalized spacial score (nSPS) is 16.3. The number of hydrogen-bond donors (Lipinski definition) is 1. The van der Waals surface area contributed by atoms with E-state index in [1.165, 1.54) is 4.88 Å². The number of amides is 1. The van der Waals surface area contributed by atoms with Crippen LogP contribution in [0.5, 0.6) is 0 Å². The highest BCUT2D eigenvalue weighted by atomic mass is 32.1. The Bertz CT molecular complexity index is 755. The first-order chi connectivity index (χ1) is 13.6. The number of rotatable bonds is 9. The summed E-state index contributed by atoms with van der Waals surface area (Å²) in [6.07, 6.45) is 2.31. The molecule has 1 amide bonds. The summed E-state index contributed by atoms with van der Waals surface area (Å²) in [6.45, 7) is 4.67. The standard InChI is InChI=1S/C21H26N2O4S/c1-2-26-21(25)16-7-9-17(10-8-16)22-20(24)15-23(13-18-5-3-11-27-18)14-19-6-4-12-28-19/h4,6-10,12,18H,2-3,5,11,13-15H2,1H3,(H,22,24)/t18-/m1/s1. The number of nitrogens with one attached hydrogen (secondary N) is 1. The summed E-state index contributed by atoms with van der Waals surface area (Å²) in [5.74, 6) is -0.447. The lowest BCUT2D eigenvalue weighted by Crippen LogP contribution is -2.37. The van der Waals surface area contributed by atoms with Crippen LogP contribution < -0.4 is 5.32 Å². The van der Waals surface area contributed by atoms with Gasteiger partial charge in [0.2, 0.25) is 5.91 Å². The van der Waals surface area contributed by atoms with Crippen LogP contribution in [0.15, 0.2) is 41.8 Å². The largest absolute Gasteiger partial charge is 0.462 e. The highest BCUT2D eigenvalue weighted by Gasteiger charge is 2.21. The number of thiophene rings is 1. The monoisotopic (exact) mass is 402 g/mol. The molecule has 1 aromatic carbocycles. The third kappa shape index (κ3) is 6.15. The molecule has 0 aliphatic carbocycles. The second-order valence-corrected chi connectivity index (χ2v) is 7.76. The maximum Gasteiger partial charge on any atom is 0.338 e. The molecule has 0 radical (unpaired) electrons. The van der Waals surface area contributed by atoms with Crippen molar-refractivity contribution in [3.05, 3.63) is 52.2 Å². The lowest BCUT2D eigenvalue weighted by Gasteiger charge is -2.24. The Balaban J connectivity index is 1.56. The van der Waals surface area contributed by atoms with E-state index in [1.807, 2.05) is 11.4 Å². The fourth-order valence-electron chi connectivity index (χ4n) is 3.19. The Morgan fingerprint density at radius 2 is 2.11 bits per heavy atom. The van der Waals surface area contributed by atoms with E-state index in [-0.39, 0.29) is 24.5 Å². The van der Waals surface area contributed by atoms with E-state index in [1.54, 1.807) is 42.5 Å². The van der Waals surface area contributed by atoms with Gasteiger partial charge in [-0.3, -0.25) is 9.69 Å². The van der Waals surface area contributed by atoms with Crippen LogP contribution in [-0.4, -0.2) is 49.2 Å². The van der Waals surface area contributed by atoms with Crippen LogP contribution in [0.2, 0.25) is 0 Å². The van der Waals surface area contributed by atoms with Crippen LogP contribution >= 0.6 is 11.3 Å². The van der Waals surface area contributed by atoms with Crippen molar-refractivity contribution in [1.82, 2.24) is 4.90 Å². The van der Waals surface area contributed by atoms with Crippen molar-refractivity contribution in [3.8, 4) is 0 Å². The van der Waals surface area contributed by atoms with Crippen LogP contribution in [0.1, 0.15) is 35.0 Å². The molecule has 0 spiro atoms. The van der Waals surface area contributed by atoms with Gasteiger partial charge in [0.25, 0.3) is 0 Å². The van der Waals surface area contributed by atoms with Crippen molar-refractivity contribution in [2.45, 2.75) is 32.4 Å². The fraction of sp³-hybridized carbons (Fsp3) is 0.429. The summed E-state index contributed by atoms with van der Waals surface area (Å²) >= 11 is 1.69. The zero-order valence-electron chi connectivity index (χ0n) is 16.1. The van der Waals surface area contributed by atoms with E-state index in [2.05, 4.69) is 16.3 Å². The molecule has 0 unspecified atom stereocenters. The number of carbonyl (C=O) groups is 2. The predicted octanol–water partition coefficient (Wildman–Crippen LogP) is 3.54. The summed E-state index contributed by atoms with van der Waals surface area (Å²) in [5, 5.41) is 4.95. The van der Waals surface area contributed by atoms with Crippen molar-refractivity contribution in [2.24, 2.45) is 0 Å². The SMILES string of the molecule is CCOC(=O)c1ccc(NC(=O)CN(Cc2cccs2)C[C@H]2CCCO2)cc1. The van der Waals surface area contributed by atoms with Crippen molar-refractivity contribution in [3.63, 3.8) is 0 Å². The van der Waals surface area contributed by atoms with Gasteiger partial charge in [0.1, 0.15) is 0 Å². The Labute approximate surface area is 169 Å². The second-order valence-electron chi connectivity index (χ2n) is 6.73. The lowest BCUT2D eigenvalue weighted by atomic mass is 10.2. The number of ether oxygens (including phenoxy) is 2. The molecule has 150 valence electrons. The van der Waals surface area contributed by atoms with E-state index in [4.69, 9.17) is 9.47 Å². The molecule has 2 aromatic rings. The smallest absolute Gasteiger partial charge is 0.338 e. The van der Waals surface area contributed by atoms with Gasteiger partial charge < -0.3 is 14.8 Å². The molecule has 1 saturated heterocycles. The molecule has 2 heterocycles. The number of anilines is 1. The molecule has 1 aliphatic rings. The third-order valence-corrected chi connectivity index (χ3v) is 5.35. The van der Waals surface area contributed by atoms with Crippen LogP contribution in [0, 0.1) is 0 Å². The molecule has 1 aliphatic heterocycles. The first kappa shape index (κ1) is 20.5. The lowest BCUT2D eigenvalue weighted by molar-refractivity contribution is -0.117. The van der Waals surface area contributed by atoms with Gasteiger partial charge in [0.05, 0.1) is 24.8 Å². The van der Waals surface area contributed by atoms with Crippen molar-refractivity contribution in [2.75, 3.05) is 31.6 Å². The molecule has 1 fully saturated rings. The van der Waals surface area contributed by atoms with E-state index in [0.29, 0.717) is 17.9 Å². The van der Waals surface area contributed by atoms with Crippen LogP contribution in [0.4, 0.5) is 5.69 Å². The minimum absolute atomic E-state index is 0.0848. The van der Waals surface area contributed by atoms with Gasteiger partial charge >= 0.3 is 5.97 Å². The Kier molecular flexibility index (Phi) is 7.59. The van der Waals surface area contributed by atoms with E-state index in [9.17, 15) is 9.59 Å². The van der Waals surface area contributed by atoms with E-state index >= 15 is 0 Å². The molecule has 7 heteroatoms. The first-order valence-electron chi connectivity index (χ1n) is 9.57.